The molecule has 0 spiro atoms. The number of non-ortho nitro benzene ring substituents is 1. The number of benzene rings is 1. The van der Waals surface area contributed by atoms with E-state index in [2.05, 4.69) is 15.3 Å². The molecule has 21 heavy (non-hydrogen) atoms. The SMILES string of the molecule is CCNc1ncnc(Oc2cccc([N+](=O)[O-])c2)c1OC. The van der Waals surface area contributed by atoms with Crippen molar-refractivity contribution in [3.05, 3.63) is 40.7 Å². The van der Waals surface area contributed by atoms with Gasteiger partial charge in [0.05, 0.1) is 18.1 Å². The quantitative estimate of drug-likeness (QED) is 0.644. The lowest BCUT2D eigenvalue weighted by Gasteiger charge is -2.12. The Bertz CT molecular complexity index is 648. The highest BCUT2D eigenvalue weighted by molar-refractivity contribution is 5.56. The monoisotopic (exact) mass is 290 g/mol. The fourth-order valence-electron chi connectivity index (χ4n) is 1.68. The van der Waals surface area contributed by atoms with E-state index in [1.165, 1.54) is 31.6 Å². The van der Waals surface area contributed by atoms with Crippen molar-refractivity contribution in [1.29, 1.82) is 0 Å². The number of nitrogens with one attached hydrogen (secondary N) is 1. The summed E-state index contributed by atoms with van der Waals surface area (Å²) in [5, 5.41) is 13.8. The van der Waals surface area contributed by atoms with Gasteiger partial charge < -0.3 is 14.8 Å². The predicted molar refractivity (Wildman–Crippen MR) is 75.9 cm³/mol. The predicted octanol–water partition coefficient (Wildman–Crippen LogP) is 2.62. The van der Waals surface area contributed by atoms with Crippen LogP contribution in [0.25, 0.3) is 0 Å². The van der Waals surface area contributed by atoms with E-state index in [1.807, 2.05) is 6.92 Å². The molecule has 2 aromatic rings. The van der Waals surface area contributed by atoms with E-state index in [0.29, 0.717) is 23.9 Å². The first-order chi connectivity index (χ1) is 10.2. The lowest BCUT2D eigenvalue weighted by molar-refractivity contribution is -0.384. The van der Waals surface area contributed by atoms with Crippen LogP contribution in [0.1, 0.15) is 6.92 Å². The lowest BCUT2D eigenvalue weighted by atomic mass is 10.3. The Balaban J connectivity index is 2.33. The summed E-state index contributed by atoms with van der Waals surface area (Å²) in [7, 11) is 1.47. The minimum atomic E-state index is -0.492. The van der Waals surface area contributed by atoms with Crippen molar-refractivity contribution in [2.75, 3.05) is 19.0 Å². The zero-order valence-corrected chi connectivity index (χ0v) is 11.6. The van der Waals surface area contributed by atoms with Crippen LogP contribution in [0.3, 0.4) is 0 Å². The Morgan fingerprint density at radius 3 is 2.86 bits per heavy atom. The highest BCUT2D eigenvalue weighted by Gasteiger charge is 2.15. The van der Waals surface area contributed by atoms with Crippen LogP contribution >= 0.6 is 0 Å². The number of aromatic nitrogens is 2. The van der Waals surface area contributed by atoms with Crippen LogP contribution in [-0.4, -0.2) is 28.5 Å². The average molecular weight is 290 g/mol. The summed E-state index contributed by atoms with van der Waals surface area (Å²) in [5.41, 5.74) is -0.0626. The number of nitrogens with zero attached hydrogens (tertiary/aromatic N) is 3. The van der Waals surface area contributed by atoms with Crippen molar-refractivity contribution in [1.82, 2.24) is 9.97 Å². The number of nitro benzene ring substituents is 1. The molecule has 1 aromatic carbocycles. The zero-order chi connectivity index (χ0) is 15.2. The molecule has 8 nitrogen and oxygen atoms in total. The van der Waals surface area contributed by atoms with Gasteiger partial charge in [-0.2, -0.15) is 4.98 Å². The minimum absolute atomic E-state index is 0.0626. The normalized spacial score (nSPS) is 10.0. The number of anilines is 1. The van der Waals surface area contributed by atoms with Crippen molar-refractivity contribution >= 4 is 11.5 Å². The standard InChI is InChI=1S/C13H14N4O4/c1-3-14-12-11(20-2)13(16-8-15-12)21-10-6-4-5-9(7-10)17(18)19/h4-8H,3H2,1-2H3,(H,14,15,16). The van der Waals surface area contributed by atoms with Gasteiger partial charge in [0.15, 0.2) is 5.82 Å². The average Bonchev–Trinajstić information content (AvgIpc) is 2.48. The van der Waals surface area contributed by atoms with Crippen molar-refractivity contribution in [2.24, 2.45) is 0 Å². The smallest absolute Gasteiger partial charge is 0.273 e. The Morgan fingerprint density at radius 1 is 1.38 bits per heavy atom. The lowest BCUT2D eigenvalue weighted by Crippen LogP contribution is -2.04. The van der Waals surface area contributed by atoms with E-state index in [-0.39, 0.29) is 11.6 Å². The van der Waals surface area contributed by atoms with Gasteiger partial charge in [-0.25, -0.2) is 4.98 Å². The molecule has 0 fully saturated rings. The van der Waals surface area contributed by atoms with Crippen LogP contribution in [0.4, 0.5) is 11.5 Å². The molecule has 1 heterocycles. The Kier molecular flexibility index (Phi) is 4.50. The van der Waals surface area contributed by atoms with Crippen LogP contribution in [-0.2, 0) is 0 Å². The summed E-state index contributed by atoms with van der Waals surface area (Å²) in [6, 6.07) is 5.83. The van der Waals surface area contributed by atoms with Crippen LogP contribution in [0.15, 0.2) is 30.6 Å². The maximum Gasteiger partial charge on any atom is 0.273 e. The Morgan fingerprint density at radius 2 is 2.19 bits per heavy atom. The molecular weight excluding hydrogens is 276 g/mol. The van der Waals surface area contributed by atoms with E-state index in [1.54, 1.807) is 6.07 Å². The van der Waals surface area contributed by atoms with E-state index in [9.17, 15) is 10.1 Å². The van der Waals surface area contributed by atoms with Crippen molar-refractivity contribution in [3.8, 4) is 17.4 Å². The fraction of sp³-hybridized carbons (Fsp3) is 0.231. The molecule has 0 aliphatic carbocycles. The molecule has 0 unspecified atom stereocenters. The second-order valence-corrected chi connectivity index (χ2v) is 3.95. The number of methoxy groups -OCH3 is 1. The van der Waals surface area contributed by atoms with Gasteiger partial charge in [0, 0.05) is 12.6 Å². The summed E-state index contributed by atoms with van der Waals surface area (Å²) in [5.74, 6) is 1.31. The molecular formula is C13H14N4O4. The molecule has 8 heteroatoms. The van der Waals surface area contributed by atoms with Gasteiger partial charge in [0.1, 0.15) is 12.1 Å². The van der Waals surface area contributed by atoms with Crippen LogP contribution < -0.4 is 14.8 Å². The zero-order valence-electron chi connectivity index (χ0n) is 11.6. The summed E-state index contributed by atoms with van der Waals surface area (Å²) in [6.45, 7) is 2.58. The first kappa shape index (κ1) is 14.5. The molecule has 2 rings (SSSR count). The van der Waals surface area contributed by atoms with E-state index < -0.39 is 4.92 Å². The van der Waals surface area contributed by atoms with Gasteiger partial charge >= 0.3 is 0 Å². The molecule has 0 radical (unpaired) electrons. The molecule has 1 aromatic heterocycles. The van der Waals surface area contributed by atoms with Gasteiger partial charge in [-0.15, -0.1) is 0 Å². The van der Waals surface area contributed by atoms with Crippen LogP contribution in [0, 0.1) is 10.1 Å². The molecule has 1 N–H and O–H groups in total. The maximum atomic E-state index is 10.8. The maximum absolute atomic E-state index is 10.8. The number of nitro groups is 1. The van der Waals surface area contributed by atoms with Crippen molar-refractivity contribution < 1.29 is 14.4 Å². The number of hydrogen-bond donors (Lipinski definition) is 1. The molecule has 0 aliphatic rings. The van der Waals surface area contributed by atoms with Crippen LogP contribution in [0.2, 0.25) is 0 Å². The molecule has 0 saturated heterocycles. The van der Waals surface area contributed by atoms with Gasteiger partial charge in [-0.3, -0.25) is 10.1 Å². The Hall–Kier alpha value is -2.90. The van der Waals surface area contributed by atoms with E-state index in [0.717, 1.165) is 0 Å². The molecule has 0 bridgehead atoms. The third-order valence-electron chi connectivity index (χ3n) is 2.56. The van der Waals surface area contributed by atoms with Gasteiger partial charge in [0.2, 0.25) is 5.75 Å². The van der Waals surface area contributed by atoms with E-state index >= 15 is 0 Å². The summed E-state index contributed by atoms with van der Waals surface area (Å²) in [4.78, 5) is 18.3. The topological polar surface area (TPSA) is 99.4 Å². The molecule has 0 aliphatic heterocycles. The summed E-state index contributed by atoms with van der Waals surface area (Å²) >= 11 is 0. The van der Waals surface area contributed by atoms with Gasteiger partial charge in [-0.1, -0.05) is 6.07 Å². The molecule has 110 valence electrons. The Labute approximate surface area is 120 Å². The third-order valence-corrected chi connectivity index (χ3v) is 2.56. The third kappa shape index (κ3) is 3.35. The highest BCUT2D eigenvalue weighted by atomic mass is 16.6. The highest BCUT2D eigenvalue weighted by Crippen LogP contribution is 2.34. The second-order valence-electron chi connectivity index (χ2n) is 3.95. The largest absolute Gasteiger partial charge is 0.489 e. The fourth-order valence-corrected chi connectivity index (χ4v) is 1.68. The first-order valence-corrected chi connectivity index (χ1v) is 6.21. The molecule has 0 atom stereocenters. The summed E-state index contributed by atoms with van der Waals surface area (Å²) in [6.07, 6.45) is 1.33. The number of hydrogen-bond acceptors (Lipinski definition) is 7. The number of ether oxygens (including phenoxy) is 2. The molecule has 0 amide bonds. The summed E-state index contributed by atoms with van der Waals surface area (Å²) < 4.78 is 10.8. The second kappa shape index (κ2) is 6.51. The van der Waals surface area contributed by atoms with E-state index in [4.69, 9.17) is 9.47 Å². The minimum Gasteiger partial charge on any atom is -0.489 e. The molecule has 0 saturated carbocycles. The van der Waals surface area contributed by atoms with Crippen molar-refractivity contribution in [3.63, 3.8) is 0 Å². The van der Waals surface area contributed by atoms with Crippen molar-refractivity contribution in [2.45, 2.75) is 6.92 Å². The van der Waals surface area contributed by atoms with Crippen LogP contribution in [0.5, 0.6) is 17.4 Å². The van der Waals surface area contributed by atoms with Gasteiger partial charge in [-0.05, 0) is 13.0 Å². The van der Waals surface area contributed by atoms with Gasteiger partial charge in [0.25, 0.3) is 11.6 Å². The number of rotatable bonds is 6. The first-order valence-electron chi connectivity index (χ1n) is 6.21.